The molecule has 0 aliphatic heterocycles. The minimum atomic E-state index is -0.693. The predicted molar refractivity (Wildman–Crippen MR) is 86.8 cm³/mol. The SMILES string of the molecule is Cc1ccc(-c2c(Cl)nc(-c3ncccn3)nc2C(N)=O)cc1. The largest absolute Gasteiger partial charge is 0.364 e. The Morgan fingerprint density at radius 2 is 1.70 bits per heavy atom. The van der Waals surface area contributed by atoms with E-state index in [1.54, 1.807) is 18.5 Å². The molecule has 3 rings (SSSR count). The van der Waals surface area contributed by atoms with Gasteiger partial charge in [-0.05, 0) is 18.6 Å². The Hall–Kier alpha value is -2.86. The summed E-state index contributed by atoms with van der Waals surface area (Å²) >= 11 is 6.29. The zero-order chi connectivity index (χ0) is 16.4. The predicted octanol–water partition coefficient (Wildman–Crippen LogP) is 2.66. The molecule has 23 heavy (non-hydrogen) atoms. The van der Waals surface area contributed by atoms with E-state index >= 15 is 0 Å². The van der Waals surface area contributed by atoms with Gasteiger partial charge >= 0.3 is 0 Å². The Morgan fingerprint density at radius 3 is 2.30 bits per heavy atom. The Labute approximate surface area is 137 Å². The molecule has 0 aliphatic carbocycles. The monoisotopic (exact) mass is 325 g/mol. The molecule has 2 heterocycles. The molecule has 0 radical (unpaired) electrons. The van der Waals surface area contributed by atoms with E-state index < -0.39 is 5.91 Å². The van der Waals surface area contributed by atoms with Crippen LogP contribution in [0.3, 0.4) is 0 Å². The van der Waals surface area contributed by atoms with E-state index in [1.807, 2.05) is 31.2 Å². The van der Waals surface area contributed by atoms with Crippen LogP contribution < -0.4 is 5.73 Å². The average molecular weight is 326 g/mol. The zero-order valence-electron chi connectivity index (χ0n) is 12.2. The third-order valence-corrected chi connectivity index (χ3v) is 3.48. The summed E-state index contributed by atoms with van der Waals surface area (Å²) in [4.78, 5) is 28.4. The van der Waals surface area contributed by atoms with Crippen molar-refractivity contribution >= 4 is 17.5 Å². The van der Waals surface area contributed by atoms with Crippen molar-refractivity contribution in [1.82, 2.24) is 19.9 Å². The van der Waals surface area contributed by atoms with Gasteiger partial charge < -0.3 is 5.73 Å². The zero-order valence-corrected chi connectivity index (χ0v) is 12.9. The molecule has 2 aromatic heterocycles. The second kappa shape index (κ2) is 6.10. The number of nitrogens with zero attached hydrogens (tertiary/aromatic N) is 4. The molecule has 0 spiro atoms. The lowest BCUT2D eigenvalue weighted by Gasteiger charge is -2.10. The molecule has 0 aliphatic rings. The molecule has 3 aromatic rings. The lowest BCUT2D eigenvalue weighted by atomic mass is 10.0. The van der Waals surface area contributed by atoms with Crippen LogP contribution in [0.1, 0.15) is 16.1 Å². The maximum atomic E-state index is 11.8. The highest BCUT2D eigenvalue weighted by Crippen LogP contribution is 2.30. The number of carbonyl (C=O) groups is 1. The Kier molecular flexibility index (Phi) is 3.99. The fourth-order valence-corrected chi connectivity index (χ4v) is 2.38. The van der Waals surface area contributed by atoms with Crippen LogP contribution in [-0.2, 0) is 0 Å². The van der Waals surface area contributed by atoms with Gasteiger partial charge in [0.15, 0.2) is 11.6 Å². The quantitative estimate of drug-likeness (QED) is 0.747. The van der Waals surface area contributed by atoms with Crippen molar-refractivity contribution in [3.8, 4) is 22.8 Å². The van der Waals surface area contributed by atoms with Crippen LogP contribution in [0.2, 0.25) is 5.15 Å². The minimum Gasteiger partial charge on any atom is -0.364 e. The number of hydrogen-bond donors (Lipinski definition) is 1. The summed E-state index contributed by atoms with van der Waals surface area (Å²) in [6.07, 6.45) is 3.11. The molecule has 0 bridgehead atoms. The highest BCUT2D eigenvalue weighted by atomic mass is 35.5. The van der Waals surface area contributed by atoms with Crippen molar-refractivity contribution in [2.75, 3.05) is 0 Å². The van der Waals surface area contributed by atoms with E-state index in [0.29, 0.717) is 5.56 Å². The first-order valence-electron chi connectivity index (χ1n) is 6.78. The fourth-order valence-electron chi connectivity index (χ4n) is 2.10. The van der Waals surface area contributed by atoms with Crippen LogP contribution in [0.15, 0.2) is 42.7 Å². The van der Waals surface area contributed by atoms with Crippen molar-refractivity contribution in [1.29, 1.82) is 0 Å². The topological polar surface area (TPSA) is 94.7 Å². The standard InChI is InChI=1S/C16H12ClN5O/c1-9-3-5-10(6-4-9)11-12(14(18)23)21-16(22-13(11)17)15-19-7-2-8-20-15/h2-8H,1H3,(H2,18,23). The van der Waals surface area contributed by atoms with Crippen LogP contribution >= 0.6 is 11.6 Å². The molecular weight excluding hydrogens is 314 g/mol. The van der Waals surface area contributed by atoms with Crippen LogP contribution in [-0.4, -0.2) is 25.8 Å². The molecule has 0 saturated carbocycles. The average Bonchev–Trinajstić information content (AvgIpc) is 2.56. The van der Waals surface area contributed by atoms with E-state index in [2.05, 4.69) is 19.9 Å². The number of halogens is 1. The second-order valence-electron chi connectivity index (χ2n) is 4.86. The van der Waals surface area contributed by atoms with E-state index in [-0.39, 0.29) is 22.5 Å². The summed E-state index contributed by atoms with van der Waals surface area (Å²) in [5.41, 5.74) is 7.71. The number of primary amides is 1. The molecule has 2 N–H and O–H groups in total. The molecule has 114 valence electrons. The number of benzene rings is 1. The number of carbonyl (C=O) groups excluding carboxylic acids is 1. The molecule has 6 nitrogen and oxygen atoms in total. The lowest BCUT2D eigenvalue weighted by Crippen LogP contribution is -2.16. The smallest absolute Gasteiger partial charge is 0.268 e. The van der Waals surface area contributed by atoms with E-state index in [4.69, 9.17) is 17.3 Å². The number of hydrogen-bond acceptors (Lipinski definition) is 5. The van der Waals surface area contributed by atoms with Crippen LogP contribution in [0.4, 0.5) is 0 Å². The van der Waals surface area contributed by atoms with Gasteiger partial charge in [0, 0.05) is 12.4 Å². The summed E-state index contributed by atoms with van der Waals surface area (Å²) in [7, 11) is 0. The highest BCUT2D eigenvalue weighted by molar-refractivity contribution is 6.33. The van der Waals surface area contributed by atoms with E-state index in [1.165, 1.54) is 0 Å². The van der Waals surface area contributed by atoms with Gasteiger partial charge in [0.1, 0.15) is 10.8 Å². The normalized spacial score (nSPS) is 10.5. The van der Waals surface area contributed by atoms with Gasteiger partial charge in [-0.25, -0.2) is 19.9 Å². The first kappa shape index (κ1) is 15.1. The molecule has 1 aromatic carbocycles. The maximum Gasteiger partial charge on any atom is 0.268 e. The molecule has 0 fully saturated rings. The fraction of sp³-hybridized carbons (Fsp3) is 0.0625. The van der Waals surface area contributed by atoms with Crippen molar-refractivity contribution in [2.24, 2.45) is 5.73 Å². The lowest BCUT2D eigenvalue weighted by molar-refractivity contribution is 0.0996. The van der Waals surface area contributed by atoms with Crippen LogP contribution in [0.25, 0.3) is 22.8 Å². The molecular formula is C16H12ClN5O. The Morgan fingerprint density at radius 1 is 1.04 bits per heavy atom. The Bertz CT molecular complexity index is 866. The molecule has 7 heteroatoms. The Balaban J connectivity index is 2.21. The summed E-state index contributed by atoms with van der Waals surface area (Å²) in [5, 5.41) is 0.125. The van der Waals surface area contributed by atoms with E-state index in [0.717, 1.165) is 11.1 Å². The van der Waals surface area contributed by atoms with Crippen LogP contribution in [0, 0.1) is 6.92 Å². The third kappa shape index (κ3) is 3.02. The molecule has 1 amide bonds. The second-order valence-corrected chi connectivity index (χ2v) is 5.22. The van der Waals surface area contributed by atoms with Crippen molar-refractivity contribution < 1.29 is 4.79 Å². The molecule has 0 atom stereocenters. The van der Waals surface area contributed by atoms with Crippen molar-refractivity contribution in [2.45, 2.75) is 6.92 Å². The van der Waals surface area contributed by atoms with Crippen LogP contribution in [0.5, 0.6) is 0 Å². The summed E-state index contributed by atoms with van der Waals surface area (Å²) in [5.74, 6) is -0.269. The van der Waals surface area contributed by atoms with Gasteiger partial charge in [-0.1, -0.05) is 41.4 Å². The van der Waals surface area contributed by atoms with Gasteiger partial charge in [-0.3, -0.25) is 4.79 Å². The first-order valence-corrected chi connectivity index (χ1v) is 7.16. The number of amides is 1. The summed E-state index contributed by atoms with van der Waals surface area (Å²) in [6, 6.07) is 9.16. The number of aromatic nitrogens is 4. The van der Waals surface area contributed by atoms with Gasteiger partial charge in [0.05, 0.1) is 5.56 Å². The first-order chi connectivity index (χ1) is 11.1. The number of rotatable bonds is 3. The minimum absolute atomic E-state index is 0.0382. The van der Waals surface area contributed by atoms with Gasteiger partial charge in [-0.15, -0.1) is 0 Å². The number of aryl methyl sites for hydroxylation is 1. The van der Waals surface area contributed by atoms with Crippen molar-refractivity contribution in [3.63, 3.8) is 0 Å². The number of nitrogens with two attached hydrogens (primary N) is 1. The summed E-state index contributed by atoms with van der Waals surface area (Å²) < 4.78 is 0. The van der Waals surface area contributed by atoms with Crippen molar-refractivity contribution in [3.05, 3.63) is 59.1 Å². The maximum absolute atomic E-state index is 11.8. The molecule has 0 saturated heterocycles. The summed E-state index contributed by atoms with van der Waals surface area (Å²) in [6.45, 7) is 1.97. The van der Waals surface area contributed by atoms with Gasteiger partial charge in [0.25, 0.3) is 5.91 Å². The highest BCUT2D eigenvalue weighted by Gasteiger charge is 2.20. The third-order valence-electron chi connectivity index (χ3n) is 3.20. The van der Waals surface area contributed by atoms with Gasteiger partial charge in [-0.2, -0.15) is 0 Å². The van der Waals surface area contributed by atoms with E-state index in [9.17, 15) is 4.79 Å². The van der Waals surface area contributed by atoms with Gasteiger partial charge in [0.2, 0.25) is 0 Å². The molecule has 0 unspecified atom stereocenters.